The average Bonchev–Trinajstić information content (AvgIpc) is 3.30. The van der Waals surface area contributed by atoms with Crippen LogP contribution < -0.4 is 4.72 Å². The maximum atomic E-state index is 12.6. The zero-order chi connectivity index (χ0) is 16.7. The van der Waals surface area contributed by atoms with Gasteiger partial charge in [-0.2, -0.15) is 4.31 Å². The van der Waals surface area contributed by atoms with E-state index in [1.54, 1.807) is 0 Å². The van der Waals surface area contributed by atoms with Crippen LogP contribution in [0.25, 0.3) is 0 Å². The Morgan fingerprint density at radius 2 is 1.61 bits per heavy atom. The van der Waals surface area contributed by atoms with Crippen molar-refractivity contribution in [3.05, 3.63) is 24.3 Å². The molecule has 0 bridgehead atoms. The van der Waals surface area contributed by atoms with Crippen LogP contribution in [0.4, 0.5) is 0 Å². The Labute approximate surface area is 138 Å². The zero-order valence-corrected chi connectivity index (χ0v) is 14.7. The summed E-state index contributed by atoms with van der Waals surface area (Å²) in [6.07, 6.45) is 3.62. The molecule has 3 rings (SSSR count). The molecule has 6 nitrogen and oxygen atoms in total. The Hall–Kier alpha value is -0.960. The lowest BCUT2D eigenvalue weighted by atomic mass is 10.0. The van der Waals surface area contributed by atoms with Crippen LogP contribution in [0.15, 0.2) is 34.1 Å². The van der Waals surface area contributed by atoms with Gasteiger partial charge in [0.15, 0.2) is 0 Å². The molecule has 2 aliphatic rings. The molecule has 8 heteroatoms. The number of rotatable bonds is 5. The van der Waals surface area contributed by atoms with E-state index in [9.17, 15) is 16.8 Å². The first-order valence-corrected chi connectivity index (χ1v) is 10.8. The van der Waals surface area contributed by atoms with Crippen LogP contribution in [0.3, 0.4) is 0 Å². The maximum Gasteiger partial charge on any atom is 0.243 e. The summed E-state index contributed by atoms with van der Waals surface area (Å²) in [7, 11) is -7.10. The minimum absolute atomic E-state index is 0.0262. The summed E-state index contributed by atoms with van der Waals surface area (Å²) in [5, 5.41) is 0. The third-order valence-electron chi connectivity index (χ3n) is 4.29. The van der Waals surface area contributed by atoms with Gasteiger partial charge in [-0.25, -0.2) is 21.6 Å². The molecule has 1 atom stereocenters. The molecule has 0 spiro atoms. The molecule has 1 unspecified atom stereocenters. The molecule has 1 aliphatic carbocycles. The van der Waals surface area contributed by atoms with Crippen molar-refractivity contribution in [1.29, 1.82) is 0 Å². The van der Waals surface area contributed by atoms with Crippen molar-refractivity contribution in [2.75, 3.05) is 13.1 Å². The van der Waals surface area contributed by atoms with E-state index >= 15 is 0 Å². The van der Waals surface area contributed by atoms with Gasteiger partial charge in [0, 0.05) is 19.1 Å². The van der Waals surface area contributed by atoms with Crippen LogP contribution in [-0.4, -0.2) is 40.3 Å². The number of nitrogens with zero attached hydrogens (tertiary/aromatic N) is 1. The molecule has 0 amide bonds. The molecule has 2 fully saturated rings. The summed E-state index contributed by atoms with van der Waals surface area (Å²) < 4.78 is 53.6. The standard InChI is InChI=1S/C15H22N2O4S2/c1-12-3-2-10-17(11-12)23(20,21)15-8-6-14(7-9-15)22(18,19)16-13-4-5-13/h6-9,12-13,16H,2-5,10-11H2,1H3. The molecule has 1 saturated carbocycles. The summed E-state index contributed by atoms with van der Waals surface area (Å²) in [6.45, 7) is 3.09. The number of hydrogen-bond donors (Lipinski definition) is 1. The van der Waals surface area contributed by atoms with Gasteiger partial charge in [-0.3, -0.25) is 0 Å². The van der Waals surface area contributed by atoms with Crippen LogP contribution in [0.5, 0.6) is 0 Å². The third kappa shape index (κ3) is 3.76. The fourth-order valence-electron chi connectivity index (χ4n) is 2.79. The quantitative estimate of drug-likeness (QED) is 0.865. The van der Waals surface area contributed by atoms with Gasteiger partial charge in [0.05, 0.1) is 9.79 Å². The predicted molar refractivity (Wildman–Crippen MR) is 86.9 cm³/mol. The molecule has 1 aromatic carbocycles. The lowest BCUT2D eigenvalue weighted by molar-refractivity contribution is 0.281. The van der Waals surface area contributed by atoms with E-state index in [-0.39, 0.29) is 15.8 Å². The number of piperidine rings is 1. The Kier molecular flexibility index (Phi) is 4.52. The van der Waals surface area contributed by atoms with Gasteiger partial charge in [-0.1, -0.05) is 6.92 Å². The van der Waals surface area contributed by atoms with Crippen LogP contribution in [0.2, 0.25) is 0 Å². The molecular formula is C15H22N2O4S2. The van der Waals surface area contributed by atoms with Crippen molar-refractivity contribution in [3.8, 4) is 0 Å². The molecule has 1 aliphatic heterocycles. The molecule has 1 heterocycles. The second-order valence-corrected chi connectivity index (χ2v) is 10.1. The SMILES string of the molecule is CC1CCCN(S(=O)(=O)c2ccc(S(=O)(=O)NC3CC3)cc2)C1. The fourth-order valence-corrected chi connectivity index (χ4v) is 5.70. The summed E-state index contributed by atoms with van der Waals surface area (Å²) >= 11 is 0. The summed E-state index contributed by atoms with van der Waals surface area (Å²) in [6, 6.07) is 5.53. The number of benzene rings is 1. The van der Waals surface area contributed by atoms with Crippen molar-refractivity contribution in [2.45, 2.75) is 48.4 Å². The highest BCUT2D eigenvalue weighted by atomic mass is 32.2. The molecule has 0 aromatic heterocycles. The smallest absolute Gasteiger partial charge is 0.208 e. The third-order valence-corrected chi connectivity index (χ3v) is 7.71. The predicted octanol–water partition coefficient (Wildman–Crippen LogP) is 1.55. The number of nitrogens with one attached hydrogen (secondary N) is 1. The highest BCUT2D eigenvalue weighted by Gasteiger charge is 2.30. The van der Waals surface area contributed by atoms with Crippen LogP contribution in [0.1, 0.15) is 32.6 Å². The summed E-state index contributed by atoms with van der Waals surface area (Å²) in [5.41, 5.74) is 0. The second kappa shape index (κ2) is 6.16. The first kappa shape index (κ1) is 16.9. The van der Waals surface area contributed by atoms with Crippen molar-refractivity contribution < 1.29 is 16.8 Å². The van der Waals surface area contributed by atoms with Crippen LogP contribution in [-0.2, 0) is 20.0 Å². The topological polar surface area (TPSA) is 83.6 Å². The minimum Gasteiger partial charge on any atom is -0.208 e. The van der Waals surface area contributed by atoms with E-state index in [4.69, 9.17) is 0 Å². The van der Waals surface area contributed by atoms with Gasteiger partial charge < -0.3 is 0 Å². The Morgan fingerprint density at radius 3 is 2.17 bits per heavy atom. The monoisotopic (exact) mass is 358 g/mol. The Bertz CT molecular complexity index is 768. The molecule has 23 heavy (non-hydrogen) atoms. The summed E-state index contributed by atoms with van der Waals surface area (Å²) in [4.78, 5) is 0.257. The second-order valence-electron chi connectivity index (χ2n) is 6.48. The average molecular weight is 358 g/mol. The first-order chi connectivity index (χ1) is 10.8. The summed E-state index contributed by atoms with van der Waals surface area (Å²) in [5.74, 6) is 0.348. The lowest BCUT2D eigenvalue weighted by Crippen LogP contribution is -2.39. The zero-order valence-electron chi connectivity index (χ0n) is 13.1. The highest BCUT2D eigenvalue weighted by molar-refractivity contribution is 7.89. The molecule has 1 saturated heterocycles. The van der Waals surface area contributed by atoms with Gasteiger partial charge in [-0.15, -0.1) is 0 Å². The minimum atomic E-state index is -3.55. The van der Waals surface area contributed by atoms with Crippen molar-refractivity contribution in [2.24, 2.45) is 5.92 Å². The van der Waals surface area contributed by atoms with E-state index in [2.05, 4.69) is 4.72 Å². The van der Waals surface area contributed by atoms with E-state index in [0.29, 0.717) is 19.0 Å². The molecular weight excluding hydrogens is 336 g/mol. The van der Waals surface area contributed by atoms with E-state index in [1.165, 1.54) is 28.6 Å². The normalized spacial score (nSPS) is 23.8. The van der Waals surface area contributed by atoms with E-state index in [1.807, 2.05) is 6.92 Å². The van der Waals surface area contributed by atoms with E-state index in [0.717, 1.165) is 25.7 Å². The van der Waals surface area contributed by atoms with Crippen LogP contribution in [0, 0.1) is 5.92 Å². The maximum absolute atomic E-state index is 12.6. The number of sulfonamides is 2. The van der Waals surface area contributed by atoms with Gasteiger partial charge in [0.1, 0.15) is 0 Å². The first-order valence-electron chi connectivity index (χ1n) is 7.91. The van der Waals surface area contributed by atoms with Crippen molar-refractivity contribution >= 4 is 20.0 Å². The van der Waals surface area contributed by atoms with Gasteiger partial charge in [-0.05, 0) is 55.9 Å². The lowest BCUT2D eigenvalue weighted by Gasteiger charge is -2.30. The van der Waals surface area contributed by atoms with Gasteiger partial charge in [0.25, 0.3) is 0 Å². The fraction of sp³-hybridized carbons (Fsp3) is 0.600. The Balaban J connectivity index is 1.80. The van der Waals surface area contributed by atoms with Crippen molar-refractivity contribution in [3.63, 3.8) is 0 Å². The molecule has 0 radical (unpaired) electrons. The Morgan fingerprint density at radius 1 is 1.00 bits per heavy atom. The van der Waals surface area contributed by atoms with E-state index < -0.39 is 20.0 Å². The molecule has 1 aromatic rings. The largest absolute Gasteiger partial charge is 0.243 e. The number of hydrogen-bond acceptors (Lipinski definition) is 4. The van der Waals surface area contributed by atoms with Crippen molar-refractivity contribution in [1.82, 2.24) is 9.03 Å². The van der Waals surface area contributed by atoms with Crippen LogP contribution >= 0.6 is 0 Å². The van der Waals surface area contributed by atoms with Gasteiger partial charge in [0.2, 0.25) is 20.0 Å². The molecule has 1 N–H and O–H groups in total. The van der Waals surface area contributed by atoms with Gasteiger partial charge >= 0.3 is 0 Å². The molecule has 128 valence electrons. The highest BCUT2D eigenvalue weighted by Crippen LogP contribution is 2.25.